The number of hydrogen-bond donors (Lipinski definition) is 1. The summed E-state index contributed by atoms with van der Waals surface area (Å²) in [6.07, 6.45) is 0.694. The maximum absolute atomic E-state index is 11.6. The zero-order valence-electron chi connectivity index (χ0n) is 11.8. The lowest BCUT2D eigenvalue weighted by Crippen LogP contribution is -2.30. The van der Waals surface area contributed by atoms with E-state index < -0.39 is 10.0 Å². The van der Waals surface area contributed by atoms with Gasteiger partial charge < -0.3 is 4.90 Å². The van der Waals surface area contributed by atoms with Gasteiger partial charge in [-0.1, -0.05) is 18.2 Å². The molecule has 0 bridgehead atoms. The summed E-state index contributed by atoms with van der Waals surface area (Å²) in [4.78, 5) is 13.4. The Bertz CT molecular complexity index is 598. The molecular weight excluding hydrogens is 276 g/mol. The van der Waals surface area contributed by atoms with E-state index in [1.54, 1.807) is 18.7 Å². The van der Waals surface area contributed by atoms with Crippen LogP contribution in [0, 0.1) is 0 Å². The van der Waals surface area contributed by atoms with Crippen molar-refractivity contribution in [1.82, 2.24) is 4.72 Å². The summed E-state index contributed by atoms with van der Waals surface area (Å²) in [5.41, 5.74) is 2.07. The molecule has 2 rings (SSSR count). The number of para-hydroxylation sites is 1. The molecule has 0 spiro atoms. The van der Waals surface area contributed by atoms with E-state index in [-0.39, 0.29) is 17.6 Å². The summed E-state index contributed by atoms with van der Waals surface area (Å²) >= 11 is 0. The zero-order valence-corrected chi connectivity index (χ0v) is 12.6. The maximum atomic E-state index is 11.6. The Morgan fingerprint density at radius 3 is 2.75 bits per heavy atom. The number of hydrogen-bond acceptors (Lipinski definition) is 3. The Kier molecular flexibility index (Phi) is 4.45. The number of rotatable bonds is 5. The number of nitrogens with one attached hydrogen (secondary N) is 1. The van der Waals surface area contributed by atoms with E-state index in [9.17, 15) is 13.2 Å². The van der Waals surface area contributed by atoms with Crippen molar-refractivity contribution < 1.29 is 13.2 Å². The third kappa shape index (κ3) is 3.19. The van der Waals surface area contributed by atoms with Crippen LogP contribution in [-0.4, -0.2) is 33.2 Å². The van der Waals surface area contributed by atoms with Crippen LogP contribution in [0.2, 0.25) is 0 Å². The number of carbonyl (C=O) groups is 1. The third-order valence-corrected chi connectivity index (χ3v) is 5.05. The normalized spacial score (nSPS) is 18.1. The van der Waals surface area contributed by atoms with Crippen LogP contribution >= 0.6 is 0 Å². The largest absolute Gasteiger partial charge is 0.312 e. The molecule has 0 saturated carbocycles. The van der Waals surface area contributed by atoms with Gasteiger partial charge in [0.2, 0.25) is 15.9 Å². The van der Waals surface area contributed by atoms with Gasteiger partial charge in [-0.2, -0.15) is 0 Å². The van der Waals surface area contributed by atoms with Gasteiger partial charge in [-0.15, -0.1) is 0 Å². The molecule has 1 atom stereocenters. The summed E-state index contributed by atoms with van der Waals surface area (Å²) in [6, 6.07) is 7.81. The van der Waals surface area contributed by atoms with Crippen molar-refractivity contribution >= 4 is 21.6 Å². The minimum absolute atomic E-state index is 0.0223. The summed E-state index contributed by atoms with van der Waals surface area (Å²) in [6.45, 7) is 4.20. The molecule has 1 aliphatic heterocycles. The van der Waals surface area contributed by atoms with Gasteiger partial charge in [0.1, 0.15) is 0 Å². The first-order valence-corrected chi connectivity index (χ1v) is 8.44. The van der Waals surface area contributed by atoms with Crippen LogP contribution in [-0.2, 0) is 14.8 Å². The first-order valence-electron chi connectivity index (χ1n) is 6.79. The second-order valence-electron chi connectivity index (χ2n) is 4.97. The first kappa shape index (κ1) is 15.0. The van der Waals surface area contributed by atoms with Crippen molar-refractivity contribution in [3.8, 4) is 0 Å². The van der Waals surface area contributed by atoms with E-state index in [0.717, 1.165) is 11.3 Å². The van der Waals surface area contributed by atoms with Gasteiger partial charge in [0.05, 0.1) is 5.75 Å². The van der Waals surface area contributed by atoms with Crippen LogP contribution in [0.3, 0.4) is 0 Å². The molecule has 110 valence electrons. The lowest BCUT2D eigenvalue weighted by Gasteiger charge is -2.15. The second-order valence-corrected chi connectivity index (χ2v) is 7.07. The summed E-state index contributed by atoms with van der Waals surface area (Å²) in [7, 11) is -3.15. The van der Waals surface area contributed by atoms with E-state index in [1.807, 2.05) is 24.3 Å². The van der Waals surface area contributed by atoms with E-state index in [1.165, 1.54) is 0 Å². The number of anilines is 1. The predicted octanol–water partition coefficient (Wildman–Crippen LogP) is 1.47. The Morgan fingerprint density at radius 2 is 2.10 bits per heavy atom. The Balaban J connectivity index is 2.06. The smallest absolute Gasteiger partial charge is 0.223 e. The van der Waals surface area contributed by atoms with Crippen LogP contribution in [0.4, 0.5) is 5.69 Å². The number of carbonyl (C=O) groups excluding carboxylic acids is 1. The topological polar surface area (TPSA) is 66.5 Å². The lowest BCUT2D eigenvalue weighted by molar-refractivity contribution is -0.116. The van der Waals surface area contributed by atoms with E-state index >= 15 is 0 Å². The number of fused-ring (bicyclic) bond motifs is 1. The number of amides is 1. The molecule has 0 radical (unpaired) electrons. The molecule has 6 heteroatoms. The van der Waals surface area contributed by atoms with Crippen LogP contribution in [0.1, 0.15) is 31.7 Å². The van der Waals surface area contributed by atoms with E-state index in [2.05, 4.69) is 4.72 Å². The van der Waals surface area contributed by atoms with Gasteiger partial charge in [-0.3, -0.25) is 4.79 Å². The van der Waals surface area contributed by atoms with Gasteiger partial charge in [0.15, 0.2) is 0 Å². The summed E-state index contributed by atoms with van der Waals surface area (Å²) < 4.78 is 25.4. The molecular formula is C14H20N2O3S. The molecule has 1 amide bonds. The predicted molar refractivity (Wildman–Crippen MR) is 79.3 cm³/mol. The monoisotopic (exact) mass is 296 g/mol. The summed E-state index contributed by atoms with van der Waals surface area (Å²) in [5, 5.41) is 0. The number of sulfonamides is 1. The number of benzene rings is 1. The molecule has 1 aromatic rings. The van der Waals surface area contributed by atoms with Gasteiger partial charge in [0, 0.05) is 31.6 Å². The highest BCUT2D eigenvalue weighted by molar-refractivity contribution is 7.89. The van der Waals surface area contributed by atoms with E-state index in [0.29, 0.717) is 19.5 Å². The molecule has 1 aromatic carbocycles. The van der Waals surface area contributed by atoms with Crippen molar-refractivity contribution in [3.63, 3.8) is 0 Å². The van der Waals surface area contributed by atoms with Crippen molar-refractivity contribution in [2.24, 2.45) is 0 Å². The molecule has 1 aliphatic rings. The molecule has 1 N–H and O–H groups in total. The average molecular weight is 296 g/mol. The van der Waals surface area contributed by atoms with Gasteiger partial charge in [-0.05, 0) is 25.0 Å². The van der Waals surface area contributed by atoms with Crippen molar-refractivity contribution in [2.75, 3.05) is 23.7 Å². The molecule has 0 fully saturated rings. The Morgan fingerprint density at radius 1 is 1.40 bits per heavy atom. The molecule has 0 aliphatic carbocycles. The fourth-order valence-electron chi connectivity index (χ4n) is 2.53. The van der Waals surface area contributed by atoms with Crippen LogP contribution in [0.5, 0.6) is 0 Å². The average Bonchev–Trinajstić information content (AvgIpc) is 2.78. The first-order chi connectivity index (χ1) is 9.44. The molecule has 5 nitrogen and oxygen atoms in total. The fraction of sp³-hybridized carbons (Fsp3) is 0.500. The van der Waals surface area contributed by atoms with Gasteiger partial charge in [-0.25, -0.2) is 13.1 Å². The van der Waals surface area contributed by atoms with Crippen LogP contribution < -0.4 is 9.62 Å². The highest BCUT2D eigenvalue weighted by Crippen LogP contribution is 2.37. The molecule has 0 aromatic heterocycles. The number of nitrogens with zero attached hydrogens (tertiary/aromatic N) is 1. The van der Waals surface area contributed by atoms with Gasteiger partial charge in [0.25, 0.3) is 0 Å². The quantitative estimate of drug-likeness (QED) is 0.894. The SMILES string of the molecule is CCS(=O)(=O)NCCC1CN(C(C)=O)c2ccccc21. The zero-order chi connectivity index (χ0) is 14.8. The van der Waals surface area contributed by atoms with Crippen molar-refractivity contribution in [3.05, 3.63) is 29.8 Å². The standard InChI is InChI=1S/C14H20N2O3S/c1-3-20(18,19)15-9-8-12-10-16(11(2)17)14-7-5-4-6-13(12)14/h4-7,12,15H,3,8-10H2,1-2H3. The minimum atomic E-state index is -3.15. The minimum Gasteiger partial charge on any atom is -0.312 e. The molecule has 0 saturated heterocycles. The van der Waals surface area contributed by atoms with Crippen LogP contribution in [0.25, 0.3) is 0 Å². The third-order valence-electron chi connectivity index (χ3n) is 3.65. The lowest BCUT2D eigenvalue weighted by atomic mass is 9.98. The fourth-order valence-corrected chi connectivity index (χ4v) is 3.16. The molecule has 1 heterocycles. The van der Waals surface area contributed by atoms with Crippen LogP contribution in [0.15, 0.2) is 24.3 Å². The van der Waals surface area contributed by atoms with Crippen molar-refractivity contribution in [2.45, 2.75) is 26.2 Å². The second kappa shape index (κ2) is 5.93. The highest BCUT2D eigenvalue weighted by atomic mass is 32.2. The van der Waals surface area contributed by atoms with Crippen molar-refractivity contribution in [1.29, 1.82) is 0 Å². The Hall–Kier alpha value is -1.40. The molecule has 1 unspecified atom stereocenters. The van der Waals surface area contributed by atoms with E-state index in [4.69, 9.17) is 0 Å². The summed E-state index contributed by atoms with van der Waals surface area (Å²) in [5.74, 6) is 0.303. The Labute approximate surface area is 120 Å². The maximum Gasteiger partial charge on any atom is 0.223 e. The highest BCUT2D eigenvalue weighted by Gasteiger charge is 2.30. The van der Waals surface area contributed by atoms with Gasteiger partial charge >= 0.3 is 0 Å². The molecule has 20 heavy (non-hydrogen) atoms.